The number of amides is 1. The minimum absolute atomic E-state index is 0.134. The molecule has 0 aromatic heterocycles. The second kappa shape index (κ2) is 6.26. The molecule has 5 heteroatoms. The Hall–Kier alpha value is -0.553. The largest absolute Gasteiger partial charge is 0.444 e. The van der Waals surface area contributed by atoms with E-state index in [0.717, 1.165) is 0 Å². The quantitative estimate of drug-likeness (QED) is 0.802. The van der Waals surface area contributed by atoms with Crippen LogP contribution in [0.15, 0.2) is 0 Å². The summed E-state index contributed by atoms with van der Waals surface area (Å²) in [6.07, 6.45) is -0.687. The molecule has 113 valence electrons. The summed E-state index contributed by atoms with van der Waals surface area (Å²) in [4.78, 5) is 11.5. The van der Waals surface area contributed by atoms with Gasteiger partial charge in [-0.15, -0.1) is 0 Å². The van der Waals surface area contributed by atoms with Gasteiger partial charge in [-0.05, 0) is 45.8 Å². The van der Waals surface area contributed by atoms with Gasteiger partial charge < -0.3 is 14.5 Å². The number of alkyl carbamates (subject to hydrolysis) is 1. The first-order chi connectivity index (χ1) is 8.24. The number of carbonyl (C=O) groups is 1. The van der Waals surface area contributed by atoms with Gasteiger partial charge in [-0.1, -0.05) is 20.8 Å². The highest BCUT2D eigenvalue weighted by atomic mass is 28.4. The van der Waals surface area contributed by atoms with Crippen molar-refractivity contribution >= 4 is 14.4 Å². The third-order valence-corrected chi connectivity index (χ3v) is 7.68. The third kappa shape index (κ3) is 7.57. The Kier molecular flexibility index (Phi) is 6.08. The molecular weight excluding hydrogens is 258 g/mol. The lowest BCUT2D eigenvalue weighted by molar-refractivity contribution is 0.0507. The average molecular weight is 288 g/mol. The van der Waals surface area contributed by atoms with Crippen molar-refractivity contribution in [1.29, 1.82) is 0 Å². The number of carbonyl (C=O) groups excluding carboxylic acids is 1. The van der Waals surface area contributed by atoms with E-state index in [2.05, 4.69) is 46.1 Å². The van der Waals surface area contributed by atoms with Crippen LogP contribution in [0.5, 0.6) is 0 Å². The van der Waals surface area contributed by atoms with E-state index in [-0.39, 0.29) is 11.1 Å². The molecule has 0 aliphatic heterocycles. The summed E-state index contributed by atoms with van der Waals surface area (Å²) in [5.41, 5.74) is -0.485. The van der Waals surface area contributed by atoms with Crippen LogP contribution >= 0.6 is 0 Å². The van der Waals surface area contributed by atoms with Crippen LogP contribution in [0.25, 0.3) is 0 Å². The van der Waals surface area contributed by atoms with Crippen LogP contribution < -0.4 is 5.32 Å². The number of ether oxygens (including phenoxy) is 1. The zero-order chi connectivity index (χ0) is 15.5. The molecule has 0 aliphatic rings. The second-order valence-electron chi connectivity index (χ2n) is 7.38. The molecule has 0 aromatic rings. The van der Waals surface area contributed by atoms with Crippen molar-refractivity contribution in [1.82, 2.24) is 5.32 Å². The van der Waals surface area contributed by atoms with E-state index in [1.165, 1.54) is 0 Å². The van der Waals surface area contributed by atoms with Crippen molar-refractivity contribution in [3.8, 4) is 0 Å². The molecule has 0 spiro atoms. The van der Waals surface area contributed by atoms with Crippen LogP contribution in [-0.4, -0.2) is 32.7 Å². The van der Waals surface area contributed by atoms with E-state index in [1.807, 2.05) is 20.8 Å². The van der Waals surface area contributed by atoms with Crippen LogP contribution in [-0.2, 0) is 9.16 Å². The zero-order valence-electron chi connectivity index (χ0n) is 13.7. The van der Waals surface area contributed by atoms with Gasteiger partial charge in [0.2, 0.25) is 0 Å². The molecular formula is C14H30NO3Si. The molecule has 0 saturated carbocycles. The molecule has 1 atom stereocenters. The Bertz CT molecular complexity index is 303. The van der Waals surface area contributed by atoms with Crippen molar-refractivity contribution in [3.05, 3.63) is 6.92 Å². The topological polar surface area (TPSA) is 47.6 Å². The molecule has 0 saturated heterocycles. The normalized spacial score (nSPS) is 15.0. The average Bonchev–Trinajstić information content (AvgIpc) is 2.09. The Morgan fingerprint density at radius 2 is 1.68 bits per heavy atom. The Labute approximate surface area is 119 Å². The van der Waals surface area contributed by atoms with E-state index in [1.54, 1.807) is 0 Å². The van der Waals surface area contributed by atoms with E-state index < -0.39 is 20.0 Å². The predicted octanol–water partition coefficient (Wildman–Crippen LogP) is 3.74. The summed E-state index contributed by atoms with van der Waals surface area (Å²) >= 11 is 0. The fourth-order valence-electron chi connectivity index (χ4n) is 1.15. The standard InChI is InChI=1S/C14H30NO3Si/c1-11(18-19(8,9)14(5,6)7)10-15-12(16)17-13(2,3)4/h11H,1,10H2,2-9H3,(H,15,16)/t11-/m0/s1. The lowest BCUT2D eigenvalue weighted by atomic mass is 10.2. The van der Waals surface area contributed by atoms with Gasteiger partial charge in [0.25, 0.3) is 0 Å². The molecule has 0 unspecified atom stereocenters. The van der Waals surface area contributed by atoms with Gasteiger partial charge in [0.1, 0.15) is 5.60 Å². The summed E-state index contributed by atoms with van der Waals surface area (Å²) in [5, 5.41) is 2.82. The van der Waals surface area contributed by atoms with Gasteiger partial charge in [-0.3, -0.25) is 0 Å². The Morgan fingerprint density at radius 1 is 1.21 bits per heavy atom. The van der Waals surface area contributed by atoms with E-state index in [9.17, 15) is 4.79 Å². The van der Waals surface area contributed by atoms with Crippen LogP contribution in [0.2, 0.25) is 18.1 Å². The summed E-state index contributed by atoms with van der Waals surface area (Å²) in [5.74, 6) is 0. The molecule has 0 bridgehead atoms. The molecule has 0 fully saturated rings. The number of rotatable bonds is 4. The van der Waals surface area contributed by atoms with Gasteiger partial charge in [0.05, 0.1) is 6.10 Å². The van der Waals surface area contributed by atoms with Crippen molar-refractivity contribution in [2.45, 2.75) is 71.4 Å². The molecule has 0 aliphatic carbocycles. The maximum Gasteiger partial charge on any atom is 0.407 e. The van der Waals surface area contributed by atoms with Crippen molar-refractivity contribution in [2.24, 2.45) is 0 Å². The van der Waals surface area contributed by atoms with Crippen LogP contribution in [0, 0.1) is 6.92 Å². The summed E-state index contributed by atoms with van der Waals surface area (Å²) in [7, 11) is -1.84. The van der Waals surface area contributed by atoms with Gasteiger partial charge in [-0.25, -0.2) is 4.79 Å². The fourth-order valence-corrected chi connectivity index (χ4v) is 2.42. The highest BCUT2D eigenvalue weighted by Crippen LogP contribution is 2.37. The van der Waals surface area contributed by atoms with Crippen molar-refractivity contribution in [2.75, 3.05) is 6.54 Å². The lowest BCUT2D eigenvalue weighted by Crippen LogP contribution is -2.46. The molecule has 0 heterocycles. The first kappa shape index (κ1) is 18.4. The molecule has 19 heavy (non-hydrogen) atoms. The first-order valence-electron chi connectivity index (χ1n) is 6.72. The second-order valence-corrected chi connectivity index (χ2v) is 12.1. The van der Waals surface area contributed by atoms with Gasteiger partial charge in [0, 0.05) is 6.54 Å². The molecule has 0 aromatic carbocycles. The summed E-state index contributed by atoms with van der Waals surface area (Å²) in [6, 6.07) is 0. The number of hydrogen-bond acceptors (Lipinski definition) is 3. The van der Waals surface area contributed by atoms with Gasteiger partial charge in [-0.2, -0.15) is 0 Å². The van der Waals surface area contributed by atoms with Crippen molar-refractivity contribution < 1.29 is 14.0 Å². The summed E-state index contributed by atoms with van der Waals surface area (Å²) in [6.45, 7) is 20.7. The monoisotopic (exact) mass is 288 g/mol. The molecule has 1 amide bonds. The van der Waals surface area contributed by atoms with E-state index >= 15 is 0 Å². The smallest absolute Gasteiger partial charge is 0.407 e. The van der Waals surface area contributed by atoms with Crippen LogP contribution in [0.1, 0.15) is 41.5 Å². The van der Waals surface area contributed by atoms with Crippen LogP contribution in [0.4, 0.5) is 4.79 Å². The van der Waals surface area contributed by atoms with E-state index in [4.69, 9.17) is 9.16 Å². The highest BCUT2D eigenvalue weighted by molar-refractivity contribution is 6.74. The first-order valence-corrected chi connectivity index (χ1v) is 9.63. The minimum atomic E-state index is -1.84. The molecule has 1 N–H and O–H groups in total. The van der Waals surface area contributed by atoms with Crippen molar-refractivity contribution in [3.63, 3.8) is 0 Å². The van der Waals surface area contributed by atoms with E-state index in [0.29, 0.717) is 6.54 Å². The molecule has 4 nitrogen and oxygen atoms in total. The number of nitrogens with one attached hydrogen (secondary N) is 1. The zero-order valence-corrected chi connectivity index (χ0v) is 14.7. The van der Waals surface area contributed by atoms with Crippen LogP contribution in [0.3, 0.4) is 0 Å². The highest BCUT2D eigenvalue weighted by Gasteiger charge is 2.38. The predicted molar refractivity (Wildman–Crippen MR) is 81.7 cm³/mol. The third-order valence-electron chi connectivity index (χ3n) is 3.14. The Balaban J connectivity index is 4.21. The maximum atomic E-state index is 11.5. The minimum Gasteiger partial charge on any atom is -0.444 e. The van der Waals surface area contributed by atoms with Gasteiger partial charge >= 0.3 is 6.09 Å². The fraction of sp³-hybridized carbons (Fsp3) is 0.857. The summed E-state index contributed by atoms with van der Waals surface area (Å²) < 4.78 is 11.2. The molecule has 0 rings (SSSR count). The lowest BCUT2D eigenvalue weighted by Gasteiger charge is -2.38. The molecule has 1 radical (unpaired) electrons. The Morgan fingerprint density at radius 3 is 2.05 bits per heavy atom. The van der Waals surface area contributed by atoms with Gasteiger partial charge in [0.15, 0.2) is 8.32 Å². The maximum absolute atomic E-state index is 11.5. The SMILES string of the molecule is [CH2][C@@H](CNC(=O)OC(C)(C)C)O[Si](C)(C)C(C)(C)C. The number of hydrogen-bond donors (Lipinski definition) is 1.